The highest BCUT2D eigenvalue weighted by Crippen LogP contribution is 2.48. The van der Waals surface area contributed by atoms with Crippen LogP contribution in [0.25, 0.3) is 11.3 Å². The molecule has 2 rings (SSSR count). The lowest BCUT2D eigenvalue weighted by Gasteiger charge is -2.08. The van der Waals surface area contributed by atoms with E-state index in [0.717, 1.165) is 6.92 Å². The minimum absolute atomic E-state index is 0.0256. The topological polar surface area (TPSA) is 109 Å². The van der Waals surface area contributed by atoms with Crippen LogP contribution in [0.4, 0.5) is 4.39 Å². The maximum absolute atomic E-state index is 14.3. The number of furan rings is 1. The monoisotopic (exact) mass is 469 g/mol. The summed E-state index contributed by atoms with van der Waals surface area (Å²) in [6.45, 7) is 1.25. The molecular weight excluding hydrogens is 457 g/mol. The van der Waals surface area contributed by atoms with Crippen molar-refractivity contribution >= 4 is 44.8 Å². The van der Waals surface area contributed by atoms with Crippen LogP contribution in [0.5, 0.6) is 11.5 Å². The van der Waals surface area contributed by atoms with Crippen LogP contribution in [0, 0.1) is 5.82 Å². The molecule has 26 heavy (non-hydrogen) atoms. The number of rotatable bonds is 7. The molecule has 0 saturated heterocycles. The van der Waals surface area contributed by atoms with E-state index >= 15 is 0 Å². The maximum atomic E-state index is 14.3. The molecule has 0 amide bonds. The van der Waals surface area contributed by atoms with Gasteiger partial charge in [0.25, 0.3) is 0 Å². The quantitative estimate of drug-likeness (QED) is 0.321. The molecule has 1 heterocycles. The van der Waals surface area contributed by atoms with Crippen LogP contribution >= 0.6 is 27.5 Å². The van der Waals surface area contributed by atoms with E-state index in [9.17, 15) is 18.5 Å². The Balaban J connectivity index is 2.45. The lowest BCUT2D eigenvalue weighted by molar-refractivity contribution is -0.132. The Hall–Kier alpha value is -1.46. The van der Waals surface area contributed by atoms with Crippen molar-refractivity contribution in [3.63, 3.8) is 0 Å². The van der Waals surface area contributed by atoms with E-state index in [1.165, 1.54) is 18.2 Å². The van der Waals surface area contributed by atoms with Crippen molar-refractivity contribution in [2.45, 2.75) is 18.2 Å². The average molecular weight is 471 g/mol. The third-order valence-electron chi connectivity index (χ3n) is 3.22. The molecular formula is C15H14BrClFNO6S. The zero-order chi connectivity index (χ0) is 19.4. The second-order valence-corrected chi connectivity index (χ2v) is 7.37. The summed E-state index contributed by atoms with van der Waals surface area (Å²) in [5.41, 5.74) is -0.107. The Morgan fingerprint density at radius 1 is 1.54 bits per heavy atom. The van der Waals surface area contributed by atoms with Gasteiger partial charge in [0.2, 0.25) is 22.8 Å². The summed E-state index contributed by atoms with van der Waals surface area (Å²) < 4.78 is 46.5. The summed E-state index contributed by atoms with van der Waals surface area (Å²) in [5, 5.41) is 10.2. The van der Waals surface area contributed by atoms with Crippen LogP contribution in [0.1, 0.15) is 23.9 Å². The van der Waals surface area contributed by atoms with Crippen molar-refractivity contribution in [2.24, 2.45) is 0 Å². The molecule has 11 heteroatoms. The normalized spacial score (nSPS) is 13.4. The zero-order valence-electron chi connectivity index (χ0n) is 13.3. The van der Waals surface area contributed by atoms with Crippen LogP contribution in [0.2, 0.25) is 5.02 Å². The molecule has 3 N–H and O–H groups in total. The second kappa shape index (κ2) is 8.96. The third kappa shape index (κ3) is 4.83. The highest BCUT2D eigenvalue weighted by molar-refractivity contribution is 9.09. The number of ether oxygens (including phenoxy) is 1. The fraction of sp³-hybridized carbons (Fsp3) is 0.267. The fourth-order valence-corrected chi connectivity index (χ4v) is 3.14. The molecule has 0 radical (unpaired) electrons. The number of hydrogen-bond acceptors (Lipinski definition) is 5. The molecule has 2 aromatic rings. The molecule has 0 fully saturated rings. The molecule has 2 unspecified atom stereocenters. The van der Waals surface area contributed by atoms with Gasteiger partial charge in [-0.05, 0) is 18.6 Å². The van der Waals surface area contributed by atoms with Gasteiger partial charge in [-0.15, -0.1) is 0 Å². The Bertz CT molecular complexity index is 846. The molecule has 0 aliphatic carbocycles. The highest BCUT2D eigenvalue weighted by Gasteiger charge is 2.29. The largest absolute Gasteiger partial charge is 0.502 e. The van der Waals surface area contributed by atoms with Crippen LogP contribution in [-0.4, -0.2) is 26.4 Å². The molecule has 0 aliphatic heterocycles. The molecule has 7 nitrogen and oxygen atoms in total. The van der Waals surface area contributed by atoms with Gasteiger partial charge >= 0.3 is 5.97 Å². The van der Waals surface area contributed by atoms with E-state index in [1.807, 2.05) is 0 Å². The van der Waals surface area contributed by atoms with Crippen molar-refractivity contribution in [3.05, 3.63) is 34.8 Å². The van der Waals surface area contributed by atoms with Gasteiger partial charge in [0.1, 0.15) is 0 Å². The molecule has 0 spiro atoms. The second-order valence-electron chi connectivity index (χ2n) is 5.07. The summed E-state index contributed by atoms with van der Waals surface area (Å²) in [6, 6.07) is 4.16. The predicted molar refractivity (Wildman–Crippen MR) is 97.1 cm³/mol. The number of aromatic hydroxyl groups is 1. The molecule has 0 saturated carbocycles. The van der Waals surface area contributed by atoms with Crippen molar-refractivity contribution in [1.82, 2.24) is 4.72 Å². The number of carbonyl (C=O) groups is 1. The van der Waals surface area contributed by atoms with E-state index in [1.54, 1.807) is 0 Å². The minimum atomic E-state index is -2.19. The summed E-state index contributed by atoms with van der Waals surface area (Å²) in [6.07, 6.45) is 0.241. The summed E-state index contributed by atoms with van der Waals surface area (Å²) in [4.78, 5) is 10.7. The molecule has 2 atom stereocenters. The summed E-state index contributed by atoms with van der Waals surface area (Å²) in [5.74, 6) is -2.56. The Kier molecular flexibility index (Phi) is 7.18. The number of esters is 1. The predicted octanol–water partition coefficient (Wildman–Crippen LogP) is 3.92. The first-order valence-corrected chi connectivity index (χ1v) is 9.59. The molecule has 1 aromatic carbocycles. The van der Waals surface area contributed by atoms with Gasteiger partial charge in [-0.25, -0.2) is 13.3 Å². The average Bonchev–Trinajstić information content (AvgIpc) is 2.86. The van der Waals surface area contributed by atoms with Crippen molar-refractivity contribution < 1.29 is 32.2 Å². The first kappa shape index (κ1) is 20.8. The van der Waals surface area contributed by atoms with Crippen molar-refractivity contribution in [2.75, 3.05) is 6.54 Å². The van der Waals surface area contributed by atoms with E-state index in [4.69, 9.17) is 25.3 Å². The molecule has 0 aliphatic rings. The third-order valence-corrected chi connectivity index (χ3v) is 4.83. The smallest absolute Gasteiger partial charge is 0.308 e. The van der Waals surface area contributed by atoms with Crippen LogP contribution in [-0.2, 0) is 16.1 Å². The Morgan fingerprint density at radius 2 is 2.23 bits per heavy atom. The van der Waals surface area contributed by atoms with Crippen molar-refractivity contribution in [3.8, 4) is 22.8 Å². The highest BCUT2D eigenvalue weighted by atomic mass is 79.9. The number of halogens is 3. The zero-order valence-corrected chi connectivity index (χ0v) is 16.5. The fourth-order valence-electron chi connectivity index (χ4n) is 2.14. The van der Waals surface area contributed by atoms with E-state index < -0.39 is 33.6 Å². The Morgan fingerprint density at radius 3 is 2.85 bits per heavy atom. The van der Waals surface area contributed by atoms with Gasteiger partial charge in [-0.3, -0.25) is 9.35 Å². The van der Waals surface area contributed by atoms with E-state index in [0.29, 0.717) is 0 Å². The van der Waals surface area contributed by atoms with Crippen LogP contribution in [0.3, 0.4) is 0 Å². The van der Waals surface area contributed by atoms with Crippen LogP contribution in [0.15, 0.2) is 22.6 Å². The number of carbonyl (C=O) groups excluding carboxylic acids is 1. The van der Waals surface area contributed by atoms with Gasteiger partial charge in [0.05, 0.1) is 15.4 Å². The van der Waals surface area contributed by atoms with Gasteiger partial charge in [-0.2, -0.15) is 0 Å². The van der Waals surface area contributed by atoms with E-state index in [2.05, 4.69) is 20.7 Å². The first-order chi connectivity index (χ1) is 12.2. The molecule has 142 valence electrons. The Labute approximate surface area is 164 Å². The minimum Gasteiger partial charge on any atom is -0.502 e. The summed E-state index contributed by atoms with van der Waals surface area (Å²) >= 11 is 6.86. The van der Waals surface area contributed by atoms with Gasteiger partial charge < -0.3 is 14.3 Å². The maximum Gasteiger partial charge on any atom is 0.308 e. The lowest BCUT2D eigenvalue weighted by atomic mass is 10.1. The molecule has 0 bridgehead atoms. The van der Waals surface area contributed by atoms with Gasteiger partial charge in [0, 0.05) is 13.5 Å². The number of nitrogens with one attached hydrogen (secondary N) is 1. The number of benzene rings is 1. The number of alkyl halides is 1. The van der Waals surface area contributed by atoms with Gasteiger partial charge in [0.15, 0.2) is 17.3 Å². The standard InChI is InChI=1S/C15H14BrClFNO6S/c1-7(20)24-15-12(21)13(8-3-2-4-10(17)11(8)18)25-14(15)9(16)5-6-19-26(22)23/h2-4,9,19,21H,5-6H2,1H3,(H,22,23). The van der Waals surface area contributed by atoms with Gasteiger partial charge in [-0.1, -0.05) is 33.6 Å². The summed E-state index contributed by atoms with van der Waals surface area (Å²) in [7, 11) is 0. The lowest BCUT2D eigenvalue weighted by Crippen LogP contribution is -2.18. The SMILES string of the molecule is CC(=O)Oc1c(C(Br)CCNS(=O)O)oc(-c2cccc(Cl)c2F)c1O. The van der Waals surface area contributed by atoms with E-state index in [-0.39, 0.29) is 40.8 Å². The van der Waals surface area contributed by atoms with Crippen LogP contribution < -0.4 is 9.46 Å². The molecule has 1 aromatic heterocycles. The number of hydrogen-bond donors (Lipinski definition) is 3. The first-order valence-electron chi connectivity index (χ1n) is 7.19. The van der Waals surface area contributed by atoms with Crippen molar-refractivity contribution in [1.29, 1.82) is 0 Å².